The molecule has 0 aliphatic carbocycles. The minimum atomic E-state index is 0.0242. The molecule has 1 saturated heterocycles. The lowest BCUT2D eigenvalue weighted by atomic mass is 10.1. The average Bonchev–Trinajstić information content (AvgIpc) is 3.21. The first-order valence-corrected chi connectivity index (χ1v) is 10.3. The number of fused-ring (bicyclic) bond motifs is 2. The standard InChI is InChI=1S/C23H21ClN4O2/c1-30-17-3-5-19-15(12-17)13-21(26-19)23(29)28-10-8-27(9-11-28)22-6-7-25-20-14-16(24)2-4-18(20)22/h2-7,12-14,26H,8-11H2,1H3. The molecule has 0 radical (unpaired) electrons. The molecule has 6 nitrogen and oxygen atoms in total. The number of nitrogens with one attached hydrogen (secondary N) is 1. The summed E-state index contributed by atoms with van der Waals surface area (Å²) < 4.78 is 5.27. The van der Waals surface area contributed by atoms with Crippen LogP contribution < -0.4 is 9.64 Å². The van der Waals surface area contributed by atoms with Crippen molar-refractivity contribution in [3.63, 3.8) is 0 Å². The molecule has 0 spiro atoms. The van der Waals surface area contributed by atoms with Gasteiger partial charge in [-0.15, -0.1) is 0 Å². The van der Waals surface area contributed by atoms with E-state index in [0.29, 0.717) is 23.8 Å². The zero-order valence-electron chi connectivity index (χ0n) is 16.6. The first-order chi connectivity index (χ1) is 14.6. The second kappa shape index (κ2) is 7.54. The topological polar surface area (TPSA) is 61.5 Å². The number of hydrogen-bond acceptors (Lipinski definition) is 4. The lowest BCUT2D eigenvalue weighted by molar-refractivity contribution is 0.0742. The summed E-state index contributed by atoms with van der Waals surface area (Å²) in [6, 6.07) is 15.5. The maximum atomic E-state index is 13.0. The summed E-state index contributed by atoms with van der Waals surface area (Å²) in [4.78, 5) is 24.9. The lowest BCUT2D eigenvalue weighted by Crippen LogP contribution is -2.49. The number of rotatable bonds is 3. The van der Waals surface area contributed by atoms with Crippen LogP contribution in [0.1, 0.15) is 10.5 Å². The van der Waals surface area contributed by atoms with E-state index in [1.807, 2.05) is 59.6 Å². The molecular formula is C23H21ClN4O2. The third-order valence-electron chi connectivity index (χ3n) is 5.65. The van der Waals surface area contributed by atoms with Crippen molar-refractivity contribution in [2.24, 2.45) is 0 Å². The van der Waals surface area contributed by atoms with Crippen LogP contribution in [0.5, 0.6) is 5.75 Å². The van der Waals surface area contributed by atoms with Gasteiger partial charge in [0.1, 0.15) is 11.4 Å². The number of anilines is 1. The summed E-state index contributed by atoms with van der Waals surface area (Å²) >= 11 is 6.11. The molecule has 1 fully saturated rings. The number of benzene rings is 2. The van der Waals surface area contributed by atoms with E-state index in [1.165, 1.54) is 0 Å². The molecule has 1 N–H and O–H groups in total. The lowest BCUT2D eigenvalue weighted by Gasteiger charge is -2.36. The number of amides is 1. The molecule has 0 saturated carbocycles. The fraction of sp³-hybridized carbons (Fsp3) is 0.217. The van der Waals surface area contributed by atoms with Gasteiger partial charge in [-0.25, -0.2) is 0 Å². The van der Waals surface area contributed by atoms with E-state index >= 15 is 0 Å². The normalized spacial score (nSPS) is 14.5. The number of methoxy groups -OCH3 is 1. The number of piperazine rings is 1. The Hall–Kier alpha value is -3.25. The second-order valence-corrected chi connectivity index (χ2v) is 7.84. The first-order valence-electron chi connectivity index (χ1n) is 9.87. The van der Waals surface area contributed by atoms with Gasteiger partial charge in [-0.1, -0.05) is 11.6 Å². The Bertz CT molecular complexity index is 1240. The van der Waals surface area contributed by atoms with Crippen LogP contribution in [0.4, 0.5) is 5.69 Å². The van der Waals surface area contributed by atoms with Crippen molar-refractivity contribution >= 4 is 45.0 Å². The molecule has 2 aromatic carbocycles. The summed E-state index contributed by atoms with van der Waals surface area (Å²) in [5.74, 6) is 0.802. The highest BCUT2D eigenvalue weighted by molar-refractivity contribution is 6.31. The molecule has 1 aliphatic rings. The number of pyridine rings is 1. The van der Waals surface area contributed by atoms with Gasteiger partial charge >= 0.3 is 0 Å². The minimum absolute atomic E-state index is 0.0242. The van der Waals surface area contributed by atoms with E-state index in [1.54, 1.807) is 7.11 Å². The zero-order valence-corrected chi connectivity index (χ0v) is 17.3. The van der Waals surface area contributed by atoms with Crippen molar-refractivity contribution < 1.29 is 9.53 Å². The highest BCUT2D eigenvalue weighted by Crippen LogP contribution is 2.28. The van der Waals surface area contributed by atoms with Gasteiger partial charge in [-0.2, -0.15) is 0 Å². The Balaban J connectivity index is 1.33. The Kier molecular flexibility index (Phi) is 4.71. The summed E-state index contributed by atoms with van der Waals surface area (Å²) in [6.45, 7) is 2.85. The van der Waals surface area contributed by atoms with E-state index < -0.39 is 0 Å². The number of aromatic nitrogens is 2. The number of carbonyl (C=O) groups is 1. The maximum Gasteiger partial charge on any atom is 0.270 e. The molecule has 7 heteroatoms. The first kappa shape index (κ1) is 18.8. The minimum Gasteiger partial charge on any atom is -0.497 e. The number of H-pyrrole nitrogens is 1. The van der Waals surface area contributed by atoms with Crippen molar-refractivity contribution in [2.45, 2.75) is 0 Å². The number of aromatic amines is 1. The number of hydrogen-bond donors (Lipinski definition) is 1. The number of ether oxygens (including phenoxy) is 1. The third-order valence-corrected chi connectivity index (χ3v) is 5.88. The van der Waals surface area contributed by atoms with Gasteiger partial charge in [0.05, 0.1) is 12.6 Å². The van der Waals surface area contributed by atoms with Crippen LogP contribution in [0.3, 0.4) is 0 Å². The largest absolute Gasteiger partial charge is 0.497 e. The molecule has 2 aromatic heterocycles. The van der Waals surface area contributed by atoms with Crippen LogP contribution in [0.2, 0.25) is 5.02 Å². The molecule has 3 heterocycles. The quantitative estimate of drug-likeness (QED) is 0.535. The smallest absolute Gasteiger partial charge is 0.270 e. The summed E-state index contributed by atoms with van der Waals surface area (Å²) in [6.07, 6.45) is 1.81. The van der Waals surface area contributed by atoms with Crippen molar-refractivity contribution in [1.29, 1.82) is 0 Å². The maximum absolute atomic E-state index is 13.0. The van der Waals surface area contributed by atoms with Gasteiger partial charge in [0.2, 0.25) is 0 Å². The van der Waals surface area contributed by atoms with Crippen molar-refractivity contribution in [2.75, 3.05) is 38.2 Å². The molecule has 0 unspecified atom stereocenters. The Morgan fingerprint density at radius 2 is 1.90 bits per heavy atom. The highest BCUT2D eigenvalue weighted by atomic mass is 35.5. The monoisotopic (exact) mass is 420 g/mol. The second-order valence-electron chi connectivity index (χ2n) is 7.41. The number of halogens is 1. The van der Waals surface area contributed by atoms with Gasteiger partial charge in [0, 0.05) is 59.4 Å². The molecule has 30 heavy (non-hydrogen) atoms. The molecule has 5 rings (SSSR count). The van der Waals surface area contributed by atoms with Crippen LogP contribution in [0, 0.1) is 0 Å². The predicted molar refractivity (Wildman–Crippen MR) is 120 cm³/mol. The van der Waals surface area contributed by atoms with Crippen LogP contribution >= 0.6 is 11.6 Å². The highest BCUT2D eigenvalue weighted by Gasteiger charge is 2.24. The van der Waals surface area contributed by atoms with E-state index in [0.717, 1.165) is 46.3 Å². The molecule has 1 amide bonds. The third kappa shape index (κ3) is 3.33. The molecule has 4 aromatic rings. The van der Waals surface area contributed by atoms with Crippen molar-refractivity contribution in [3.8, 4) is 5.75 Å². The molecule has 0 atom stereocenters. The van der Waals surface area contributed by atoms with Gasteiger partial charge < -0.3 is 19.5 Å². The SMILES string of the molecule is COc1ccc2[nH]c(C(=O)N3CCN(c4ccnc5cc(Cl)ccc45)CC3)cc2c1. The van der Waals surface area contributed by atoms with Gasteiger partial charge in [-0.3, -0.25) is 9.78 Å². The van der Waals surface area contributed by atoms with Gasteiger partial charge in [0.25, 0.3) is 5.91 Å². The van der Waals surface area contributed by atoms with Gasteiger partial charge in [-0.05, 0) is 48.5 Å². The van der Waals surface area contributed by atoms with E-state index in [2.05, 4.69) is 14.9 Å². The Morgan fingerprint density at radius 1 is 1.07 bits per heavy atom. The van der Waals surface area contributed by atoms with Gasteiger partial charge in [0.15, 0.2) is 0 Å². The fourth-order valence-corrected chi connectivity index (χ4v) is 4.22. The van der Waals surface area contributed by atoms with Crippen LogP contribution in [-0.4, -0.2) is 54.1 Å². The number of carbonyl (C=O) groups excluding carboxylic acids is 1. The Labute approximate surface area is 179 Å². The van der Waals surface area contributed by atoms with Crippen molar-refractivity contribution in [1.82, 2.24) is 14.9 Å². The molecule has 1 aliphatic heterocycles. The van der Waals surface area contributed by atoms with Crippen molar-refractivity contribution in [3.05, 3.63) is 65.4 Å². The zero-order chi connectivity index (χ0) is 20.7. The number of nitrogens with zero attached hydrogens (tertiary/aromatic N) is 3. The molecule has 152 valence electrons. The van der Waals surface area contributed by atoms with E-state index in [4.69, 9.17) is 16.3 Å². The predicted octanol–water partition coefficient (Wildman–Crippen LogP) is 4.34. The van der Waals surface area contributed by atoms with Crippen LogP contribution in [0.25, 0.3) is 21.8 Å². The molecule has 0 bridgehead atoms. The van der Waals surface area contributed by atoms with Crippen LogP contribution in [0.15, 0.2) is 54.7 Å². The summed E-state index contributed by atoms with van der Waals surface area (Å²) in [5, 5.41) is 2.73. The summed E-state index contributed by atoms with van der Waals surface area (Å²) in [5.41, 5.74) is 3.55. The fourth-order valence-electron chi connectivity index (χ4n) is 4.06. The van der Waals surface area contributed by atoms with E-state index in [-0.39, 0.29) is 5.91 Å². The van der Waals surface area contributed by atoms with E-state index in [9.17, 15) is 4.79 Å². The average molecular weight is 421 g/mol. The molecular weight excluding hydrogens is 400 g/mol. The summed E-state index contributed by atoms with van der Waals surface area (Å²) in [7, 11) is 1.64. The Morgan fingerprint density at radius 3 is 2.70 bits per heavy atom. The van der Waals surface area contributed by atoms with Crippen LogP contribution in [-0.2, 0) is 0 Å².